The number of anilines is 2. The molecule has 0 radical (unpaired) electrons. The smallest absolute Gasteiger partial charge is 0.304 e. The summed E-state index contributed by atoms with van der Waals surface area (Å²) in [6.07, 6.45) is 0. The maximum atomic E-state index is 13.3. The van der Waals surface area contributed by atoms with Crippen molar-refractivity contribution < 1.29 is 13.6 Å². The number of hydrogen-bond donors (Lipinski definition) is 3. The highest BCUT2D eigenvalue weighted by Gasteiger charge is 2.07. The van der Waals surface area contributed by atoms with Crippen LogP contribution in [-0.4, -0.2) is 6.03 Å². The van der Waals surface area contributed by atoms with Crippen molar-refractivity contribution in [2.24, 2.45) is 0 Å². The lowest BCUT2D eigenvalue weighted by Gasteiger charge is -2.10. The number of carbonyl (C=O) groups is 1. The predicted molar refractivity (Wildman–Crippen MR) is 68.6 cm³/mol. The first-order valence-corrected chi connectivity index (χ1v) is 5.48. The first-order valence-electron chi connectivity index (χ1n) is 5.48. The molecule has 0 fully saturated rings. The summed E-state index contributed by atoms with van der Waals surface area (Å²) in [4.78, 5) is 11.5. The fraction of sp³-hybridized carbons (Fsp3) is 0. The van der Waals surface area contributed by atoms with Crippen LogP contribution in [0.4, 0.5) is 25.0 Å². The molecular weight excluding hydrogens is 252 g/mol. The SMILES string of the molecule is O=C(NNc1ccccc1)Nc1ccc(F)cc1F. The van der Waals surface area contributed by atoms with Gasteiger partial charge < -0.3 is 5.32 Å². The molecule has 0 aliphatic carbocycles. The van der Waals surface area contributed by atoms with Crippen LogP contribution in [0.2, 0.25) is 0 Å². The number of hydrazine groups is 1. The van der Waals surface area contributed by atoms with Gasteiger partial charge in [0.25, 0.3) is 0 Å². The molecule has 6 heteroatoms. The van der Waals surface area contributed by atoms with E-state index in [2.05, 4.69) is 16.2 Å². The highest BCUT2D eigenvalue weighted by Crippen LogP contribution is 2.14. The first kappa shape index (κ1) is 12.8. The van der Waals surface area contributed by atoms with Crippen LogP contribution in [0.3, 0.4) is 0 Å². The van der Waals surface area contributed by atoms with E-state index in [9.17, 15) is 13.6 Å². The fourth-order valence-electron chi connectivity index (χ4n) is 1.39. The number of halogens is 2. The van der Waals surface area contributed by atoms with Gasteiger partial charge in [-0.05, 0) is 24.3 Å². The van der Waals surface area contributed by atoms with Crippen molar-refractivity contribution >= 4 is 17.4 Å². The fourth-order valence-corrected chi connectivity index (χ4v) is 1.39. The summed E-state index contributed by atoms with van der Waals surface area (Å²) in [6, 6.07) is 11.2. The van der Waals surface area contributed by atoms with Gasteiger partial charge in [0.15, 0.2) is 0 Å². The quantitative estimate of drug-likeness (QED) is 0.745. The number of amides is 2. The van der Waals surface area contributed by atoms with Gasteiger partial charge in [-0.2, -0.15) is 0 Å². The van der Waals surface area contributed by atoms with Gasteiger partial charge in [0, 0.05) is 6.07 Å². The van der Waals surface area contributed by atoms with E-state index in [-0.39, 0.29) is 5.69 Å². The zero-order valence-electron chi connectivity index (χ0n) is 9.78. The van der Waals surface area contributed by atoms with Crippen LogP contribution >= 0.6 is 0 Å². The van der Waals surface area contributed by atoms with E-state index < -0.39 is 17.7 Å². The first-order chi connectivity index (χ1) is 9.15. The minimum absolute atomic E-state index is 0.103. The van der Waals surface area contributed by atoms with E-state index in [1.807, 2.05) is 6.07 Å². The molecule has 0 aliphatic rings. The zero-order valence-corrected chi connectivity index (χ0v) is 9.78. The van der Waals surface area contributed by atoms with E-state index in [0.29, 0.717) is 11.8 Å². The Morgan fingerprint density at radius 2 is 1.74 bits per heavy atom. The normalized spacial score (nSPS) is 9.79. The largest absolute Gasteiger partial charge is 0.337 e. The molecule has 0 unspecified atom stereocenters. The van der Waals surface area contributed by atoms with Crippen molar-refractivity contribution in [1.29, 1.82) is 0 Å². The highest BCUT2D eigenvalue weighted by molar-refractivity contribution is 5.90. The minimum Gasteiger partial charge on any atom is -0.304 e. The molecule has 2 rings (SSSR count). The molecule has 98 valence electrons. The molecule has 2 amide bonds. The molecule has 19 heavy (non-hydrogen) atoms. The molecule has 0 aromatic heterocycles. The second-order valence-corrected chi connectivity index (χ2v) is 3.69. The molecule has 4 nitrogen and oxygen atoms in total. The molecule has 0 atom stereocenters. The molecule has 0 spiro atoms. The van der Waals surface area contributed by atoms with Crippen LogP contribution in [0.25, 0.3) is 0 Å². The standard InChI is InChI=1S/C13H11F2N3O/c14-9-6-7-12(11(15)8-9)16-13(19)18-17-10-4-2-1-3-5-10/h1-8,17H,(H2,16,18,19). The molecule has 0 saturated carbocycles. The molecule has 2 aromatic rings. The van der Waals surface area contributed by atoms with Gasteiger partial charge in [-0.25, -0.2) is 13.6 Å². The number of carbonyl (C=O) groups excluding carboxylic acids is 1. The van der Waals surface area contributed by atoms with E-state index in [4.69, 9.17) is 0 Å². The lowest BCUT2D eigenvalue weighted by molar-refractivity contribution is 0.253. The number of benzene rings is 2. The van der Waals surface area contributed by atoms with Crippen LogP contribution in [0.5, 0.6) is 0 Å². The molecule has 0 saturated heterocycles. The van der Waals surface area contributed by atoms with Gasteiger partial charge >= 0.3 is 6.03 Å². The maximum Gasteiger partial charge on any atom is 0.337 e. The number of rotatable bonds is 3. The predicted octanol–water partition coefficient (Wildman–Crippen LogP) is 3.11. The van der Waals surface area contributed by atoms with Gasteiger partial charge in [-0.3, -0.25) is 10.9 Å². The maximum absolute atomic E-state index is 13.3. The topological polar surface area (TPSA) is 53.2 Å². The number of para-hydroxylation sites is 1. The van der Waals surface area contributed by atoms with E-state index in [0.717, 1.165) is 12.1 Å². The van der Waals surface area contributed by atoms with Gasteiger partial charge in [-0.15, -0.1) is 0 Å². The summed E-state index contributed by atoms with van der Waals surface area (Å²) < 4.78 is 25.9. The Bertz CT molecular complexity index is 575. The average molecular weight is 263 g/mol. The lowest BCUT2D eigenvalue weighted by atomic mass is 10.3. The van der Waals surface area contributed by atoms with Crippen molar-refractivity contribution in [3.8, 4) is 0 Å². The molecular formula is C13H11F2N3O. The van der Waals surface area contributed by atoms with Crippen molar-refractivity contribution in [1.82, 2.24) is 5.43 Å². The van der Waals surface area contributed by atoms with E-state index >= 15 is 0 Å². The van der Waals surface area contributed by atoms with Crippen LogP contribution in [0, 0.1) is 11.6 Å². The Morgan fingerprint density at radius 3 is 2.42 bits per heavy atom. The second-order valence-electron chi connectivity index (χ2n) is 3.69. The van der Waals surface area contributed by atoms with Crippen molar-refractivity contribution in [3.63, 3.8) is 0 Å². The Morgan fingerprint density at radius 1 is 1.00 bits per heavy atom. The third kappa shape index (κ3) is 3.67. The third-order valence-electron chi connectivity index (χ3n) is 2.27. The summed E-state index contributed by atoms with van der Waals surface area (Å²) in [5.74, 6) is -1.54. The molecule has 0 bridgehead atoms. The Kier molecular flexibility index (Phi) is 3.92. The number of urea groups is 1. The van der Waals surface area contributed by atoms with Gasteiger partial charge in [0.2, 0.25) is 0 Å². The Hall–Kier alpha value is -2.63. The van der Waals surface area contributed by atoms with Gasteiger partial charge in [-0.1, -0.05) is 18.2 Å². The van der Waals surface area contributed by atoms with Crippen molar-refractivity contribution in [2.75, 3.05) is 10.7 Å². The van der Waals surface area contributed by atoms with Crippen LogP contribution in [0.1, 0.15) is 0 Å². The van der Waals surface area contributed by atoms with Crippen LogP contribution in [0.15, 0.2) is 48.5 Å². The monoisotopic (exact) mass is 263 g/mol. The summed E-state index contributed by atoms with van der Waals surface area (Å²) in [6.45, 7) is 0. The van der Waals surface area contributed by atoms with E-state index in [1.165, 1.54) is 0 Å². The van der Waals surface area contributed by atoms with Crippen LogP contribution in [-0.2, 0) is 0 Å². The molecule has 0 aliphatic heterocycles. The highest BCUT2D eigenvalue weighted by atomic mass is 19.1. The zero-order chi connectivity index (χ0) is 13.7. The lowest BCUT2D eigenvalue weighted by Crippen LogP contribution is -2.33. The third-order valence-corrected chi connectivity index (χ3v) is 2.27. The summed E-state index contributed by atoms with van der Waals surface area (Å²) in [5, 5.41) is 2.25. The summed E-state index contributed by atoms with van der Waals surface area (Å²) in [5.41, 5.74) is 5.54. The average Bonchev–Trinajstić information content (AvgIpc) is 2.41. The van der Waals surface area contributed by atoms with Gasteiger partial charge in [0.05, 0.1) is 11.4 Å². The Balaban J connectivity index is 1.91. The molecule has 2 aromatic carbocycles. The van der Waals surface area contributed by atoms with Crippen molar-refractivity contribution in [3.05, 3.63) is 60.2 Å². The van der Waals surface area contributed by atoms with Gasteiger partial charge in [0.1, 0.15) is 11.6 Å². The minimum atomic E-state index is -0.838. The van der Waals surface area contributed by atoms with Crippen molar-refractivity contribution in [2.45, 2.75) is 0 Å². The summed E-state index contributed by atoms with van der Waals surface area (Å²) in [7, 11) is 0. The molecule has 3 N–H and O–H groups in total. The van der Waals surface area contributed by atoms with Crippen LogP contribution < -0.4 is 16.2 Å². The number of nitrogens with one attached hydrogen (secondary N) is 3. The van der Waals surface area contributed by atoms with E-state index in [1.54, 1.807) is 24.3 Å². The second kappa shape index (κ2) is 5.81. The number of hydrogen-bond acceptors (Lipinski definition) is 2. The summed E-state index contributed by atoms with van der Waals surface area (Å²) >= 11 is 0. The Labute approximate surface area is 108 Å². The molecule has 0 heterocycles.